The van der Waals surface area contributed by atoms with Gasteiger partial charge >= 0.3 is 0 Å². The van der Waals surface area contributed by atoms with Crippen molar-refractivity contribution in [2.24, 2.45) is 5.41 Å². The van der Waals surface area contributed by atoms with E-state index in [1.165, 1.54) is 29.0 Å². The van der Waals surface area contributed by atoms with E-state index in [1.807, 2.05) is 11.3 Å². The van der Waals surface area contributed by atoms with E-state index in [0.29, 0.717) is 11.5 Å². The highest BCUT2D eigenvalue weighted by molar-refractivity contribution is 7.12. The Hall–Kier alpha value is -0.340. The van der Waals surface area contributed by atoms with Gasteiger partial charge in [0.1, 0.15) is 0 Å². The molecule has 2 heteroatoms. The molecule has 1 aromatic rings. The summed E-state index contributed by atoms with van der Waals surface area (Å²) in [6, 6.07) is 5.14. The Labute approximate surface area is 96.9 Å². The maximum atomic E-state index is 3.71. The molecular formula is C13H21NS. The topological polar surface area (TPSA) is 12.0 Å². The van der Waals surface area contributed by atoms with Gasteiger partial charge in [-0.15, -0.1) is 11.3 Å². The van der Waals surface area contributed by atoms with Gasteiger partial charge < -0.3 is 5.32 Å². The van der Waals surface area contributed by atoms with Crippen LogP contribution in [0.2, 0.25) is 0 Å². The third-order valence-corrected chi connectivity index (χ3v) is 4.45. The molecule has 0 amide bonds. The van der Waals surface area contributed by atoms with Crippen molar-refractivity contribution in [3.63, 3.8) is 0 Å². The number of rotatable bonds is 5. The first kappa shape index (κ1) is 11.2. The van der Waals surface area contributed by atoms with Gasteiger partial charge in [-0.3, -0.25) is 0 Å². The van der Waals surface area contributed by atoms with Crippen molar-refractivity contribution >= 4 is 11.3 Å². The van der Waals surface area contributed by atoms with Gasteiger partial charge in [-0.25, -0.2) is 0 Å². The Morgan fingerprint density at radius 1 is 1.47 bits per heavy atom. The number of aryl methyl sites for hydroxylation is 1. The molecule has 0 saturated heterocycles. The zero-order valence-electron chi connectivity index (χ0n) is 9.97. The van der Waals surface area contributed by atoms with Crippen LogP contribution in [-0.2, 0) is 0 Å². The molecule has 1 fully saturated rings. The molecule has 1 heterocycles. The van der Waals surface area contributed by atoms with Crippen molar-refractivity contribution in [2.75, 3.05) is 6.54 Å². The van der Waals surface area contributed by atoms with E-state index in [9.17, 15) is 0 Å². The molecule has 1 aromatic heterocycles. The van der Waals surface area contributed by atoms with Gasteiger partial charge in [-0.1, -0.05) is 13.8 Å². The van der Waals surface area contributed by atoms with Crippen LogP contribution in [-0.4, -0.2) is 6.54 Å². The van der Waals surface area contributed by atoms with Crippen molar-refractivity contribution in [1.29, 1.82) is 0 Å². The Bertz CT molecular complexity index is 325. The standard InChI is InChI=1S/C13H21NS/c1-4-9-14-12(13(3)7-8-13)11-6-5-10(2)15-11/h5-6,12,14H,4,7-9H2,1-3H3. The highest BCUT2D eigenvalue weighted by Gasteiger charge is 2.45. The first-order valence-corrected chi connectivity index (χ1v) is 6.77. The SMILES string of the molecule is CCCNC(c1ccc(C)s1)C1(C)CC1. The van der Waals surface area contributed by atoms with E-state index >= 15 is 0 Å². The molecule has 0 aromatic carbocycles. The summed E-state index contributed by atoms with van der Waals surface area (Å²) in [7, 11) is 0. The van der Waals surface area contributed by atoms with Crippen LogP contribution in [0.1, 0.15) is 48.9 Å². The molecule has 84 valence electrons. The van der Waals surface area contributed by atoms with Gasteiger partial charge in [0.2, 0.25) is 0 Å². The summed E-state index contributed by atoms with van der Waals surface area (Å²) >= 11 is 1.95. The first-order valence-electron chi connectivity index (χ1n) is 5.95. The maximum absolute atomic E-state index is 3.71. The quantitative estimate of drug-likeness (QED) is 0.798. The minimum atomic E-state index is 0.534. The van der Waals surface area contributed by atoms with Crippen LogP contribution in [0.25, 0.3) is 0 Å². The lowest BCUT2D eigenvalue weighted by molar-refractivity contribution is 0.372. The van der Waals surface area contributed by atoms with Crippen LogP contribution >= 0.6 is 11.3 Å². The average Bonchev–Trinajstić information content (AvgIpc) is 2.79. The van der Waals surface area contributed by atoms with E-state index in [-0.39, 0.29) is 0 Å². The molecule has 1 saturated carbocycles. The zero-order chi connectivity index (χ0) is 10.9. The van der Waals surface area contributed by atoms with E-state index < -0.39 is 0 Å². The number of hydrogen-bond donors (Lipinski definition) is 1. The van der Waals surface area contributed by atoms with Gasteiger partial charge in [0.05, 0.1) is 0 Å². The van der Waals surface area contributed by atoms with Crippen LogP contribution < -0.4 is 5.32 Å². The van der Waals surface area contributed by atoms with E-state index in [1.54, 1.807) is 0 Å². The number of nitrogens with one attached hydrogen (secondary N) is 1. The summed E-state index contributed by atoms with van der Waals surface area (Å²) in [6.45, 7) is 7.98. The molecule has 0 bridgehead atoms. The van der Waals surface area contributed by atoms with E-state index in [2.05, 4.69) is 38.2 Å². The lowest BCUT2D eigenvalue weighted by Gasteiger charge is -2.23. The van der Waals surface area contributed by atoms with Crippen LogP contribution in [0.4, 0.5) is 0 Å². The number of hydrogen-bond acceptors (Lipinski definition) is 2. The fourth-order valence-electron chi connectivity index (χ4n) is 2.07. The Kier molecular flexibility index (Phi) is 3.17. The maximum Gasteiger partial charge on any atom is 0.0469 e. The fourth-order valence-corrected chi connectivity index (χ4v) is 3.20. The molecule has 1 unspecified atom stereocenters. The second-order valence-corrected chi connectivity index (χ2v) is 6.31. The van der Waals surface area contributed by atoms with Crippen molar-refractivity contribution in [3.05, 3.63) is 21.9 Å². The lowest BCUT2D eigenvalue weighted by Crippen LogP contribution is -2.27. The second-order valence-electron chi connectivity index (χ2n) is 4.99. The molecule has 0 aliphatic heterocycles. The Morgan fingerprint density at radius 2 is 2.20 bits per heavy atom. The largest absolute Gasteiger partial charge is 0.309 e. The summed E-state index contributed by atoms with van der Waals surface area (Å²) < 4.78 is 0. The molecule has 1 atom stereocenters. The predicted molar refractivity (Wildman–Crippen MR) is 67.4 cm³/mol. The van der Waals surface area contributed by atoms with Crippen LogP contribution in [0, 0.1) is 12.3 Å². The molecule has 1 N–H and O–H groups in total. The lowest BCUT2D eigenvalue weighted by atomic mass is 9.97. The first-order chi connectivity index (χ1) is 7.15. The summed E-state index contributed by atoms with van der Waals surface area (Å²) in [5.74, 6) is 0. The third kappa shape index (κ3) is 2.43. The van der Waals surface area contributed by atoms with Gasteiger partial charge in [0.15, 0.2) is 0 Å². The van der Waals surface area contributed by atoms with Crippen LogP contribution in [0.3, 0.4) is 0 Å². The summed E-state index contributed by atoms with van der Waals surface area (Å²) in [5.41, 5.74) is 0.534. The highest BCUT2D eigenvalue weighted by Crippen LogP contribution is 2.55. The second kappa shape index (κ2) is 4.26. The molecular weight excluding hydrogens is 202 g/mol. The Morgan fingerprint density at radius 3 is 2.67 bits per heavy atom. The van der Waals surface area contributed by atoms with Crippen molar-refractivity contribution in [1.82, 2.24) is 5.32 Å². The third-order valence-electron chi connectivity index (χ3n) is 3.38. The van der Waals surface area contributed by atoms with Crippen LogP contribution in [0.5, 0.6) is 0 Å². The van der Waals surface area contributed by atoms with Gasteiger partial charge in [-0.2, -0.15) is 0 Å². The molecule has 1 aliphatic carbocycles. The van der Waals surface area contributed by atoms with Gasteiger partial charge in [0, 0.05) is 15.8 Å². The zero-order valence-corrected chi connectivity index (χ0v) is 10.8. The van der Waals surface area contributed by atoms with E-state index in [0.717, 1.165) is 6.54 Å². The average molecular weight is 223 g/mol. The molecule has 2 rings (SSSR count). The monoisotopic (exact) mass is 223 g/mol. The minimum absolute atomic E-state index is 0.534. The van der Waals surface area contributed by atoms with Crippen molar-refractivity contribution < 1.29 is 0 Å². The van der Waals surface area contributed by atoms with Gasteiger partial charge in [0.25, 0.3) is 0 Å². The predicted octanol–water partition coefficient (Wildman–Crippen LogP) is 3.90. The normalized spacial score (nSPS) is 20.2. The molecule has 15 heavy (non-hydrogen) atoms. The van der Waals surface area contributed by atoms with Crippen LogP contribution in [0.15, 0.2) is 12.1 Å². The Balaban J connectivity index is 2.11. The van der Waals surface area contributed by atoms with Crippen molar-refractivity contribution in [3.8, 4) is 0 Å². The van der Waals surface area contributed by atoms with E-state index in [4.69, 9.17) is 0 Å². The molecule has 0 spiro atoms. The summed E-state index contributed by atoms with van der Waals surface area (Å²) in [5, 5.41) is 3.71. The highest BCUT2D eigenvalue weighted by atomic mass is 32.1. The summed E-state index contributed by atoms with van der Waals surface area (Å²) in [4.78, 5) is 2.96. The molecule has 1 nitrogen and oxygen atoms in total. The number of thiophene rings is 1. The van der Waals surface area contributed by atoms with Gasteiger partial charge in [-0.05, 0) is 50.3 Å². The molecule has 1 aliphatic rings. The summed E-state index contributed by atoms with van der Waals surface area (Å²) in [6.07, 6.45) is 3.98. The smallest absolute Gasteiger partial charge is 0.0469 e. The fraction of sp³-hybridized carbons (Fsp3) is 0.692. The van der Waals surface area contributed by atoms with Crippen molar-refractivity contribution in [2.45, 2.75) is 46.1 Å². The molecule has 0 radical (unpaired) electrons. The minimum Gasteiger partial charge on any atom is -0.309 e.